The van der Waals surface area contributed by atoms with Crippen molar-refractivity contribution >= 4 is 43.4 Å². The topological polar surface area (TPSA) is 4.93 Å². The van der Waals surface area contributed by atoms with Crippen LogP contribution in [-0.4, -0.2) is 4.57 Å². The summed E-state index contributed by atoms with van der Waals surface area (Å²) in [5.41, 5.74) is 11.5. The molecule has 9 rings (SSSR count). The molecule has 39 heavy (non-hydrogen) atoms. The van der Waals surface area contributed by atoms with Crippen LogP contribution in [0.15, 0.2) is 140 Å². The van der Waals surface area contributed by atoms with Gasteiger partial charge in [-0.3, -0.25) is 0 Å². The number of benzene rings is 7. The largest absolute Gasteiger partial charge is 0.309 e. The summed E-state index contributed by atoms with van der Waals surface area (Å²) < 4.78 is 2.41. The number of nitrogens with zero attached hydrogens (tertiary/aromatic N) is 1. The third-order valence-corrected chi connectivity index (χ3v) is 8.51. The van der Waals surface area contributed by atoms with Crippen molar-refractivity contribution in [1.29, 1.82) is 0 Å². The SMILES string of the molecule is c1ccc(-n2c3ccc(-c4ccc5c6c(cccc46)-c4ccccc4-5)cc3c3cc4ccccc4cc32)cc1. The highest BCUT2D eigenvalue weighted by molar-refractivity contribution is 6.20. The van der Waals surface area contributed by atoms with Crippen LogP contribution in [0.3, 0.4) is 0 Å². The van der Waals surface area contributed by atoms with E-state index in [4.69, 9.17) is 0 Å². The Morgan fingerprint density at radius 2 is 1.00 bits per heavy atom. The summed E-state index contributed by atoms with van der Waals surface area (Å²) in [6, 6.07) is 51.3. The molecule has 0 unspecified atom stereocenters. The van der Waals surface area contributed by atoms with Crippen molar-refractivity contribution in [3.8, 4) is 39.1 Å². The van der Waals surface area contributed by atoms with E-state index in [0.717, 1.165) is 0 Å². The number of para-hydroxylation sites is 1. The van der Waals surface area contributed by atoms with Gasteiger partial charge in [-0.05, 0) is 91.3 Å². The maximum Gasteiger partial charge on any atom is 0.0547 e. The van der Waals surface area contributed by atoms with Crippen molar-refractivity contribution in [1.82, 2.24) is 4.57 Å². The zero-order valence-electron chi connectivity index (χ0n) is 21.2. The number of fused-ring (bicyclic) bond motifs is 7. The molecule has 0 aliphatic heterocycles. The van der Waals surface area contributed by atoms with Crippen LogP contribution in [0.25, 0.3) is 82.4 Å². The van der Waals surface area contributed by atoms with Crippen LogP contribution in [-0.2, 0) is 0 Å². The molecule has 1 heteroatoms. The summed E-state index contributed by atoms with van der Waals surface area (Å²) in [5, 5.41) is 7.78. The molecule has 8 aromatic rings. The zero-order chi connectivity index (χ0) is 25.5. The van der Waals surface area contributed by atoms with E-state index in [-0.39, 0.29) is 0 Å². The van der Waals surface area contributed by atoms with Crippen molar-refractivity contribution in [3.63, 3.8) is 0 Å². The molecular formula is C38H23N. The summed E-state index contributed by atoms with van der Waals surface area (Å²) in [5.74, 6) is 0. The molecule has 0 atom stereocenters. The van der Waals surface area contributed by atoms with Crippen LogP contribution in [0, 0.1) is 0 Å². The normalized spacial score (nSPS) is 12.1. The Hall–Kier alpha value is -5.14. The molecule has 1 heterocycles. The minimum Gasteiger partial charge on any atom is -0.309 e. The van der Waals surface area contributed by atoms with E-state index in [0.29, 0.717) is 0 Å². The van der Waals surface area contributed by atoms with Crippen LogP contribution in [0.5, 0.6) is 0 Å². The van der Waals surface area contributed by atoms with Gasteiger partial charge in [0.25, 0.3) is 0 Å². The second-order valence-corrected chi connectivity index (χ2v) is 10.6. The molecule has 1 nitrogen and oxygen atoms in total. The fraction of sp³-hybridized carbons (Fsp3) is 0. The van der Waals surface area contributed by atoms with Gasteiger partial charge in [-0.25, -0.2) is 0 Å². The molecule has 0 bridgehead atoms. The molecule has 0 spiro atoms. The van der Waals surface area contributed by atoms with Crippen molar-refractivity contribution in [3.05, 3.63) is 140 Å². The Balaban J connectivity index is 1.35. The smallest absolute Gasteiger partial charge is 0.0547 e. The van der Waals surface area contributed by atoms with Crippen molar-refractivity contribution in [2.45, 2.75) is 0 Å². The average molecular weight is 494 g/mol. The maximum atomic E-state index is 2.41. The Kier molecular flexibility index (Phi) is 4.11. The quantitative estimate of drug-likeness (QED) is 0.226. The minimum atomic E-state index is 1.18. The maximum absolute atomic E-state index is 2.41. The molecule has 0 amide bonds. The number of hydrogen-bond donors (Lipinski definition) is 0. The molecule has 0 saturated carbocycles. The summed E-state index contributed by atoms with van der Waals surface area (Å²) in [4.78, 5) is 0. The first kappa shape index (κ1) is 20.9. The average Bonchev–Trinajstić information content (AvgIpc) is 3.50. The first-order valence-electron chi connectivity index (χ1n) is 13.5. The molecule has 1 aliphatic carbocycles. The molecule has 1 aliphatic rings. The second kappa shape index (κ2) is 7.69. The van der Waals surface area contributed by atoms with E-state index < -0.39 is 0 Å². The van der Waals surface area contributed by atoms with Crippen molar-refractivity contribution in [2.75, 3.05) is 0 Å². The molecule has 1 aromatic heterocycles. The lowest BCUT2D eigenvalue weighted by Gasteiger charge is -2.11. The lowest BCUT2D eigenvalue weighted by atomic mass is 9.93. The lowest BCUT2D eigenvalue weighted by molar-refractivity contribution is 1.18. The lowest BCUT2D eigenvalue weighted by Crippen LogP contribution is -1.93. The zero-order valence-corrected chi connectivity index (χ0v) is 21.2. The van der Waals surface area contributed by atoms with E-state index in [1.807, 2.05) is 0 Å². The summed E-state index contributed by atoms with van der Waals surface area (Å²) in [6.07, 6.45) is 0. The van der Waals surface area contributed by atoms with E-state index in [1.54, 1.807) is 0 Å². The fourth-order valence-corrected chi connectivity index (χ4v) is 6.79. The number of hydrogen-bond acceptors (Lipinski definition) is 0. The highest BCUT2D eigenvalue weighted by Crippen LogP contribution is 2.49. The Labute approximate surface area is 226 Å². The van der Waals surface area contributed by atoms with E-state index in [9.17, 15) is 0 Å². The van der Waals surface area contributed by atoms with Crippen molar-refractivity contribution < 1.29 is 0 Å². The first-order valence-corrected chi connectivity index (χ1v) is 13.5. The van der Waals surface area contributed by atoms with Gasteiger partial charge in [-0.15, -0.1) is 0 Å². The number of aromatic nitrogens is 1. The Bertz CT molecular complexity index is 2240. The molecule has 0 radical (unpaired) electrons. The second-order valence-electron chi connectivity index (χ2n) is 10.6. The first-order chi connectivity index (χ1) is 19.3. The molecule has 7 aromatic carbocycles. The van der Waals surface area contributed by atoms with Gasteiger partial charge in [-0.2, -0.15) is 0 Å². The Morgan fingerprint density at radius 3 is 1.82 bits per heavy atom. The van der Waals surface area contributed by atoms with Gasteiger partial charge in [0.2, 0.25) is 0 Å². The predicted octanol–water partition coefficient (Wildman–Crippen LogP) is 10.4. The highest BCUT2D eigenvalue weighted by Gasteiger charge is 2.22. The summed E-state index contributed by atoms with van der Waals surface area (Å²) >= 11 is 0. The van der Waals surface area contributed by atoms with Gasteiger partial charge in [0.1, 0.15) is 0 Å². The summed E-state index contributed by atoms with van der Waals surface area (Å²) in [6.45, 7) is 0. The molecule has 0 fully saturated rings. The van der Waals surface area contributed by atoms with Gasteiger partial charge in [0.05, 0.1) is 11.0 Å². The molecule has 180 valence electrons. The monoisotopic (exact) mass is 493 g/mol. The summed E-state index contributed by atoms with van der Waals surface area (Å²) in [7, 11) is 0. The van der Waals surface area contributed by atoms with Crippen LogP contribution >= 0.6 is 0 Å². The van der Waals surface area contributed by atoms with E-state index >= 15 is 0 Å². The fourth-order valence-electron chi connectivity index (χ4n) is 6.79. The highest BCUT2D eigenvalue weighted by atomic mass is 15.0. The molecule has 0 N–H and O–H groups in total. The molecule has 0 saturated heterocycles. The standard InChI is InChI=1S/C38H23N/c1-2-11-27(12-3-1)39-36-20-17-26(22-34(36)35-21-24-9-4-5-10-25(24)23-37(35)39)28-18-19-33-30-14-7-6-13-29(30)32-16-8-15-31(28)38(32)33/h1-23H. The van der Waals surface area contributed by atoms with Gasteiger partial charge in [0, 0.05) is 16.5 Å². The van der Waals surface area contributed by atoms with Gasteiger partial charge in [-0.1, -0.05) is 103 Å². The van der Waals surface area contributed by atoms with Crippen LogP contribution < -0.4 is 0 Å². The predicted molar refractivity (Wildman–Crippen MR) is 166 cm³/mol. The van der Waals surface area contributed by atoms with Gasteiger partial charge >= 0.3 is 0 Å². The van der Waals surface area contributed by atoms with E-state index in [2.05, 4.69) is 144 Å². The van der Waals surface area contributed by atoms with Crippen LogP contribution in [0.4, 0.5) is 0 Å². The van der Waals surface area contributed by atoms with Crippen LogP contribution in [0.1, 0.15) is 0 Å². The van der Waals surface area contributed by atoms with Crippen LogP contribution in [0.2, 0.25) is 0 Å². The van der Waals surface area contributed by atoms with Gasteiger partial charge in [0.15, 0.2) is 0 Å². The van der Waals surface area contributed by atoms with Crippen molar-refractivity contribution in [2.24, 2.45) is 0 Å². The molecular weight excluding hydrogens is 470 g/mol. The third kappa shape index (κ3) is 2.85. The van der Waals surface area contributed by atoms with Gasteiger partial charge < -0.3 is 4.57 Å². The van der Waals surface area contributed by atoms with E-state index in [1.165, 1.54) is 82.4 Å². The third-order valence-electron chi connectivity index (χ3n) is 8.51. The number of rotatable bonds is 2. The minimum absolute atomic E-state index is 1.18. The Morgan fingerprint density at radius 1 is 0.359 bits per heavy atom.